The number of rotatable bonds is 59. The first kappa shape index (κ1) is 69.6. The van der Waals surface area contributed by atoms with Crippen molar-refractivity contribution in [2.75, 3.05) is 13.2 Å². The Bertz CT molecular complexity index is 1230. The SMILES string of the molecule is CC/C=C\C/C=C\C/C=C\C/C=C\C/C=C\CCCCCCCCCCCCCCCCCCCCCCCCCCCC(=O)OC(CO)COC(=O)CCCCCCCCCCCCCCCCCCC. The molecule has 5 heteroatoms. The molecule has 0 spiro atoms. The third-order valence-electron chi connectivity index (χ3n) is 14.3. The van der Waals surface area contributed by atoms with E-state index in [0.29, 0.717) is 12.8 Å². The lowest BCUT2D eigenvalue weighted by Gasteiger charge is -2.15. The van der Waals surface area contributed by atoms with Crippen LogP contribution < -0.4 is 0 Å². The lowest BCUT2D eigenvalue weighted by atomic mass is 10.0. The smallest absolute Gasteiger partial charge is 0.306 e. The van der Waals surface area contributed by atoms with Crippen LogP contribution in [0.15, 0.2) is 60.8 Å². The minimum atomic E-state index is -0.768. The Morgan fingerprint density at radius 1 is 0.333 bits per heavy atom. The minimum absolute atomic E-state index is 0.0593. The molecule has 420 valence electrons. The Hall–Kier alpha value is -2.40. The predicted octanol–water partition coefficient (Wildman–Crippen LogP) is 21.8. The lowest BCUT2D eigenvalue weighted by molar-refractivity contribution is -0.161. The van der Waals surface area contributed by atoms with E-state index in [4.69, 9.17) is 9.47 Å². The summed E-state index contributed by atoms with van der Waals surface area (Å²) in [5, 5.41) is 9.66. The van der Waals surface area contributed by atoms with Crippen molar-refractivity contribution in [3.63, 3.8) is 0 Å². The molecule has 0 aliphatic carbocycles. The van der Waals surface area contributed by atoms with Crippen molar-refractivity contribution < 1.29 is 24.2 Å². The molecule has 0 heterocycles. The summed E-state index contributed by atoms with van der Waals surface area (Å²) in [5.74, 6) is -0.570. The molecule has 5 nitrogen and oxygen atoms in total. The summed E-state index contributed by atoms with van der Waals surface area (Å²) < 4.78 is 10.7. The normalized spacial score (nSPS) is 12.5. The van der Waals surface area contributed by atoms with Crippen LogP contribution >= 0.6 is 0 Å². The zero-order chi connectivity index (χ0) is 52.0. The minimum Gasteiger partial charge on any atom is -0.462 e. The number of unbranched alkanes of at least 4 members (excludes halogenated alkanes) is 41. The van der Waals surface area contributed by atoms with Crippen LogP contribution in [-0.4, -0.2) is 36.4 Å². The second kappa shape index (κ2) is 62.9. The van der Waals surface area contributed by atoms with Gasteiger partial charge < -0.3 is 14.6 Å². The molecule has 0 rings (SSSR count). The quantitative estimate of drug-likeness (QED) is 0.0373. The fraction of sp³-hybridized carbons (Fsp3) is 0.821. The van der Waals surface area contributed by atoms with Gasteiger partial charge >= 0.3 is 11.9 Å². The molecule has 0 aromatic rings. The largest absolute Gasteiger partial charge is 0.462 e. The molecule has 0 radical (unpaired) electrons. The van der Waals surface area contributed by atoms with E-state index < -0.39 is 6.10 Å². The monoisotopic (exact) mass is 1010 g/mol. The first-order valence-electron chi connectivity index (χ1n) is 31.8. The molecule has 1 atom stereocenters. The highest BCUT2D eigenvalue weighted by molar-refractivity contribution is 5.70. The van der Waals surface area contributed by atoms with E-state index in [0.717, 1.165) is 64.2 Å². The summed E-state index contributed by atoms with van der Waals surface area (Å²) in [5.41, 5.74) is 0. The Balaban J connectivity index is 3.38. The van der Waals surface area contributed by atoms with Gasteiger partial charge in [0.2, 0.25) is 0 Å². The van der Waals surface area contributed by atoms with Crippen molar-refractivity contribution >= 4 is 11.9 Å². The van der Waals surface area contributed by atoms with Gasteiger partial charge in [-0.1, -0.05) is 325 Å². The second-order valence-corrected chi connectivity index (χ2v) is 21.5. The third-order valence-corrected chi connectivity index (χ3v) is 14.3. The molecule has 0 aliphatic rings. The number of carbonyl (C=O) groups excluding carboxylic acids is 2. The van der Waals surface area contributed by atoms with E-state index in [1.54, 1.807) is 0 Å². The van der Waals surface area contributed by atoms with Gasteiger partial charge in [-0.3, -0.25) is 9.59 Å². The van der Waals surface area contributed by atoms with Gasteiger partial charge in [0.1, 0.15) is 6.61 Å². The molecule has 0 bridgehead atoms. The number of hydrogen-bond acceptors (Lipinski definition) is 5. The van der Waals surface area contributed by atoms with Crippen molar-refractivity contribution in [3.8, 4) is 0 Å². The Morgan fingerprint density at radius 3 is 0.903 bits per heavy atom. The molecule has 1 unspecified atom stereocenters. The third kappa shape index (κ3) is 60.2. The topological polar surface area (TPSA) is 72.8 Å². The molecule has 0 amide bonds. The fourth-order valence-electron chi connectivity index (χ4n) is 9.59. The van der Waals surface area contributed by atoms with Gasteiger partial charge in [0.25, 0.3) is 0 Å². The molecule has 0 aliphatic heterocycles. The highest BCUT2D eigenvalue weighted by Gasteiger charge is 2.16. The summed E-state index contributed by atoms with van der Waals surface area (Å²) in [6, 6.07) is 0. The summed E-state index contributed by atoms with van der Waals surface area (Å²) in [7, 11) is 0. The van der Waals surface area contributed by atoms with Crippen LogP contribution in [0.4, 0.5) is 0 Å². The van der Waals surface area contributed by atoms with Crippen molar-refractivity contribution in [2.45, 2.75) is 341 Å². The van der Waals surface area contributed by atoms with Crippen molar-refractivity contribution in [3.05, 3.63) is 60.8 Å². The van der Waals surface area contributed by atoms with Crippen LogP contribution in [0.1, 0.15) is 335 Å². The molecule has 0 fully saturated rings. The molecule has 0 saturated carbocycles. The first-order chi connectivity index (χ1) is 35.6. The number of carbonyl (C=O) groups is 2. The molecular formula is C67H122O5. The summed E-state index contributed by atoms with van der Waals surface area (Å²) in [4.78, 5) is 24.5. The average molecular weight is 1010 g/mol. The van der Waals surface area contributed by atoms with Gasteiger partial charge in [0.05, 0.1) is 6.61 Å². The van der Waals surface area contributed by atoms with E-state index in [2.05, 4.69) is 74.6 Å². The summed E-state index contributed by atoms with van der Waals surface area (Å²) in [6.45, 7) is 4.07. The molecule has 0 saturated heterocycles. The number of hydrogen-bond donors (Lipinski definition) is 1. The number of esters is 2. The average Bonchev–Trinajstić information content (AvgIpc) is 3.38. The van der Waals surface area contributed by atoms with Gasteiger partial charge in [0, 0.05) is 12.8 Å². The summed E-state index contributed by atoms with van der Waals surface area (Å²) >= 11 is 0. The van der Waals surface area contributed by atoms with Crippen molar-refractivity contribution in [1.82, 2.24) is 0 Å². The Kier molecular flexibility index (Phi) is 60.8. The summed E-state index contributed by atoms with van der Waals surface area (Å²) in [6.07, 6.45) is 85.3. The Labute approximate surface area is 449 Å². The highest BCUT2D eigenvalue weighted by Crippen LogP contribution is 2.18. The van der Waals surface area contributed by atoms with Gasteiger partial charge in [-0.2, -0.15) is 0 Å². The predicted molar refractivity (Wildman–Crippen MR) is 316 cm³/mol. The van der Waals surface area contributed by atoms with E-state index in [9.17, 15) is 14.7 Å². The van der Waals surface area contributed by atoms with Crippen LogP contribution in [0.5, 0.6) is 0 Å². The molecule has 72 heavy (non-hydrogen) atoms. The van der Waals surface area contributed by atoms with E-state index in [1.165, 1.54) is 244 Å². The zero-order valence-corrected chi connectivity index (χ0v) is 48.2. The number of allylic oxidation sites excluding steroid dienone is 10. The molecule has 1 N–H and O–H groups in total. The number of aliphatic hydroxyl groups excluding tert-OH is 1. The maximum atomic E-state index is 12.3. The maximum absolute atomic E-state index is 12.3. The van der Waals surface area contributed by atoms with Gasteiger partial charge in [0.15, 0.2) is 6.10 Å². The van der Waals surface area contributed by atoms with Crippen LogP contribution in [0.3, 0.4) is 0 Å². The molecule has 0 aromatic heterocycles. The maximum Gasteiger partial charge on any atom is 0.306 e. The van der Waals surface area contributed by atoms with Gasteiger partial charge in [-0.15, -0.1) is 0 Å². The van der Waals surface area contributed by atoms with Crippen molar-refractivity contribution in [2.24, 2.45) is 0 Å². The Morgan fingerprint density at radius 2 is 0.597 bits per heavy atom. The van der Waals surface area contributed by atoms with E-state index >= 15 is 0 Å². The zero-order valence-electron chi connectivity index (χ0n) is 48.2. The molecular weight excluding hydrogens is 885 g/mol. The molecule has 0 aromatic carbocycles. The van der Waals surface area contributed by atoms with E-state index in [-0.39, 0.29) is 25.2 Å². The van der Waals surface area contributed by atoms with Crippen LogP contribution in [0.25, 0.3) is 0 Å². The van der Waals surface area contributed by atoms with E-state index in [1.807, 2.05) is 0 Å². The van der Waals surface area contributed by atoms with Crippen LogP contribution in [-0.2, 0) is 19.1 Å². The second-order valence-electron chi connectivity index (χ2n) is 21.5. The van der Waals surface area contributed by atoms with Crippen LogP contribution in [0, 0.1) is 0 Å². The highest BCUT2D eigenvalue weighted by atomic mass is 16.6. The van der Waals surface area contributed by atoms with Gasteiger partial charge in [-0.05, 0) is 57.8 Å². The number of aliphatic hydroxyl groups is 1. The first-order valence-corrected chi connectivity index (χ1v) is 31.8. The van der Waals surface area contributed by atoms with Gasteiger partial charge in [-0.25, -0.2) is 0 Å². The lowest BCUT2D eigenvalue weighted by Crippen LogP contribution is -2.28. The van der Waals surface area contributed by atoms with Crippen molar-refractivity contribution in [1.29, 1.82) is 0 Å². The van der Waals surface area contributed by atoms with Crippen LogP contribution in [0.2, 0.25) is 0 Å². The number of ether oxygens (including phenoxy) is 2. The fourth-order valence-corrected chi connectivity index (χ4v) is 9.59. The standard InChI is InChI=1S/C67H122O5/c1-3-5-7-9-11-13-15-17-19-21-22-23-24-25-26-27-28-29-30-31-32-33-34-35-36-37-38-39-40-41-42-43-44-46-48-50-52-54-56-58-60-62-67(70)72-65(63-68)64-71-66(69)61-59-57-55-53-51-49-47-45-20-18-16-14-12-10-8-6-4-2/h5,7,11,13,17,19,22-23,25-26,65,68H,3-4,6,8-10,12,14-16,18,20-21,24,27-64H2,1-2H3/b7-5-,13-11-,19-17-,23-22-,26-25-.